The lowest BCUT2D eigenvalue weighted by Crippen LogP contribution is -2.39. The zero-order valence-corrected chi connectivity index (χ0v) is 12.5. The van der Waals surface area contributed by atoms with Gasteiger partial charge in [-0.05, 0) is 59.3 Å². The highest BCUT2D eigenvalue weighted by molar-refractivity contribution is 9.10. The smallest absolute Gasteiger partial charge is 0.255 e. The number of nitrogens with zero attached hydrogens (tertiary/aromatic N) is 1. The molecule has 1 aromatic carbocycles. The molecule has 1 amide bonds. The van der Waals surface area contributed by atoms with Gasteiger partial charge in [0.05, 0.1) is 5.56 Å². The highest BCUT2D eigenvalue weighted by Crippen LogP contribution is 2.37. The summed E-state index contributed by atoms with van der Waals surface area (Å²) in [6.45, 7) is 0.898. The van der Waals surface area contributed by atoms with Gasteiger partial charge in [-0.15, -0.1) is 0 Å². The lowest BCUT2D eigenvalue weighted by molar-refractivity contribution is 0.0689. The summed E-state index contributed by atoms with van der Waals surface area (Å²) in [6.07, 6.45) is 6.19. The van der Waals surface area contributed by atoms with Crippen LogP contribution in [0.3, 0.4) is 0 Å². The third-order valence-electron chi connectivity index (χ3n) is 4.49. The van der Waals surface area contributed by atoms with Gasteiger partial charge in [-0.2, -0.15) is 0 Å². The van der Waals surface area contributed by atoms with Crippen molar-refractivity contribution in [3.8, 4) is 0 Å². The summed E-state index contributed by atoms with van der Waals surface area (Å²) < 4.78 is 0.839. The zero-order valence-electron chi connectivity index (χ0n) is 10.9. The Bertz CT molecular complexity index is 503. The Labute approximate surface area is 122 Å². The number of nitrogens with two attached hydrogens (primary N) is 1. The van der Waals surface area contributed by atoms with Gasteiger partial charge >= 0.3 is 0 Å². The predicted molar refractivity (Wildman–Crippen MR) is 80.0 cm³/mol. The van der Waals surface area contributed by atoms with Crippen molar-refractivity contribution in [3.05, 3.63) is 28.2 Å². The molecule has 2 unspecified atom stereocenters. The van der Waals surface area contributed by atoms with Gasteiger partial charge in [-0.1, -0.05) is 12.8 Å². The van der Waals surface area contributed by atoms with Crippen LogP contribution in [0.25, 0.3) is 0 Å². The molecule has 2 aliphatic rings. The molecule has 102 valence electrons. The van der Waals surface area contributed by atoms with Crippen molar-refractivity contribution < 1.29 is 4.79 Å². The Balaban J connectivity index is 1.85. The number of carbonyl (C=O) groups excluding carboxylic acids is 1. The summed E-state index contributed by atoms with van der Waals surface area (Å²) in [5.41, 5.74) is 7.15. The summed E-state index contributed by atoms with van der Waals surface area (Å²) in [5, 5.41) is 0. The van der Waals surface area contributed by atoms with Crippen LogP contribution in [-0.4, -0.2) is 23.4 Å². The van der Waals surface area contributed by atoms with Crippen molar-refractivity contribution in [2.45, 2.75) is 38.1 Å². The van der Waals surface area contributed by atoms with Crippen molar-refractivity contribution in [2.75, 3.05) is 12.3 Å². The SMILES string of the molecule is Nc1ccc(Br)c(C(=O)N2CCC3CCCCC32)c1. The minimum Gasteiger partial charge on any atom is -0.399 e. The van der Waals surface area contributed by atoms with E-state index in [-0.39, 0.29) is 5.91 Å². The van der Waals surface area contributed by atoms with Gasteiger partial charge in [0, 0.05) is 22.7 Å². The van der Waals surface area contributed by atoms with Crippen LogP contribution < -0.4 is 5.73 Å². The molecule has 19 heavy (non-hydrogen) atoms. The second-order valence-corrected chi connectivity index (χ2v) is 6.49. The van der Waals surface area contributed by atoms with Crippen LogP contribution in [-0.2, 0) is 0 Å². The topological polar surface area (TPSA) is 46.3 Å². The van der Waals surface area contributed by atoms with Gasteiger partial charge in [0.25, 0.3) is 5.91 Å². The molecular formula is C15H19BrN2O. The molecule has 1 saturated carbocycles. The Hall–Kier alpha value is -1.03. The highest BCUT2D eigenvalue weighted by atomic mass is 79.9. The van der Waals surface area contributed by atoms with E-state index >= 15 is 0 Å². The molecule has 2 atom stereocenters. The van der Waals surface area contributed by atoms with E-state index in [0.717, 1.165) is 29.8 Å². The van der Waals surface area contributed by atoms with E-state index in [1.807, 2.05) is 12.1 Å². The summed E-state index contributed by atoms with van der Waals surface area (Å²) in [5.74, 6) is 0.853. The van der Waals surface area contributed by atoms with Gasteiger partial charge in [0.15, 0.2) is 0 Å². The largest absolute Gasteiger partial charge is 0.399 e. The van der Waals surface area contributed by atoms with Gasteiger partial charge in [0.1, 0.15) is 0 Å². The molecule has 4 heteroatoms. The van der Waals surface area contributed by atoms with Crippen molar-refractivity contribution in [3.63, 3.8) is 0 Å². The van der Waals surface area contributed by atoms with E-state index in [1.54, 1.807) is 6.07 Å². The maximum atomic E-state index is 12.7. The molecule has 0 aromatic heterocycles. The second kappa shape index (κ2) is 5.16. The Kier molecular flexibility index (Phi) is 3.52. The number of rotatable bonds is 1. The molecule has 2 fully saturated rings. The van der Waals surface area contributed by atoms with E-state index in [0.29, 0.717) is 17.3 Å². The summed E-state index contributed by atoms with van der Waals surface area (Å²) in [4.78, 5) is 14.8. The minimum absolute atomic E-state index is 0.133. The standard InChI is InChI=1S/C15H19BrN2O/c16-13-6-5-11(17)9-12(13)15(19)18-8-7-10-3-1-2-4-14(10)18/h5-6,9-10,14H,1-4,7-8,17H2. The second-order valence-electron chi connectivity index (χ2n) is 5.64. The van der Waals surface area contributed by atoms with Crippen LogP contribution in [0.5, 0.6) is 0 Å². The van der Waals surface area contributed by atoms with E-state index in [2.05, 4.69) is 20.8 Å². The number of benzene rings is 1. The maximum Gasteiger partial charge on any atom is 0.255 e. The number of carbonyl (C=O) groups is 1. The van der Waals surface area contributed by atoms with Crippen molar-refractivity contribution in [2.24, 2.45) is 5.92 Å². The zero-order chi connectivity index (χ0) is 13.4. The molecular weight excluding hydrogens is 304 g/mol. The van der Waals surface area contributed by atoms with Gasteiger partial charge in [-0.25, -0.2) is 0 Å². The van der Waals surface area contributed by atoms with E-state index in [4.69, 9.17) is 5.73 Å². The summed E-state index contributed by atoms with van der Waals surface area (Å²) >= 11 is 3.46. The van der Waals surface area contributed by atoms with Crippen LogP contribution in [0.2, 0.25) is 0 Å². The number of hydrogen-bond acceptors (Lipinski definition) is 2. The number of halogens is 1. The van der Waals surface area contributed by atoms with Crippen molar-refractivity contribution in [1.82, 2.24) is 4.90 Å². The van der Waals surface area contributed by atoms with E-state index in [9.17, 15) is 4.79 Å². The number of nitrogen functional groups attached to an aromatic ring is 1. The van der Waals surface area contributed by atoms with Crippen LogP contribution in [0.15, 0.2) is 22.7 Å². The van der Waals surface area contributed by atoms with Crippen LogP contribution in [0, 0.1) is 5.92 Å². The van der Waals surface area contributed by atoms with Gasteiger partial charge in [0.2, 0.25) is 0 Å². The number of amides is 1. The molecule has 2 N–H and O–H groups in total. The first-order valence-electron chi connectivity index (χ1n) is 7.03. The Morgan fingerprint density at radius 2 is 2.05 bits per heavy atom. The first-order valence-corrected chi connectivity index (χ1v) is 7.82. The fourth-order valence-corrected chi connectivity index (χ4v) is 3.94. The third kappa shape index (κ3) is 2.38. The summed E-state index contributed by atoms with van der Waals surface area (Å²) in [7, 11) is 0. The number of likely N-dealkylation sites (tertiary alicyclic amines) is 1. The number of anilines is 1. The number of fused-ring (bicyclic) bond motifs is 1. The molecule has 1 heterocycles. The van der Waals surface area contributed by atoms with Crippen molar-refractivity contribution in [1.29, 1.82) is 0 Å². The van der Waals surface area contributed by atoms with Crippen LogP contribution in [0.1, 0.15) is 42.5 Å². The molecule has 1 aliphatic carbocycles. The molecule has 0 spiro atoms. The third-order valence-corrected chi connectivity index (χ3v) is 5.18. The molecule has 3 rings (SSSR count). The summed E-state index contributed by atoms with van der Waals surface area (Å²) in [6, 6.07) is 5.91. The maximum absolute atomic E-state index is 12.7. The molecule has 0 bridgehead atoms. The normalized spacial score (nSPS) is 26.3. The quantitative estimate of drug-likeness (QED) is 0.805. The minimum atomic E-state index is 0.133. The Morgan fingerprint density at radius 1 is 1.26 bits per heavy atom. The average molecular weight is 323 g/mol. The first-order chi connectivity index (χ1) is 9.16. The fourth-order valence-electron chi connectivity index (χ4n) is 3.52. The van der Waals surface area contributed by atoms with Crippen LogP contribution >= 0.6 is 15.9 Å². The highest BCUT2D eigenvalue weighted by Gasteiger charge is 2.38. The van der Waals surface area contributed by atoms with Gasteiger partial charge < -0.3 is 10.6 Å². The van der Waals surface area contributed by atoms with Gasteiger partial charge in [-0.3, -0.25) is 4.79 Å². The molecule has 1 saturated heterocycles. The molecule has 3 nitrogen and oxygen atoms in total. The Morgan fingerprint density at radius 3 is 2.89 bits per heavy atom. The fraction of sp³-hybridized carbons (Fsp3) is 0.533. The first kappa shape index (κ1) is 13.0. The monoisotopic (exact) mass is 322 g/mol. The van der Waals surface area contributed by atoms with E-state index < -0.39 is 0 Å². The average Bonchev–Trinajstić information content (AvgIpc) is 2.84. The van der Waals surface area contributed by atoms with Crippen LogP contribution in [0.4, 0.5) is 5.69 Å². The van der Waals surface area contributed by atoms with Crippen molar-refractivity contribution >= 4 is 27.5 Å². The lowest BCUT2D eigenvalue weighted by Gasteiger charge is -2.32. The predicted octanol–water partition coefficient (Wildman–Crippen LogP) is 3.44. The molecule has 0 radical (unpaired) electrons. The molecule has 1 aromatic rings. The number of hydrogen-bond donors (Lipinski definition) is 1. The molecule has 1 aliphatic heterocycles. The van der Waals surface area contributed by atoms with E-state index in [1.165, 1.54) is 19.3 Å². The lowest BCUT2D eigenvalue weighted by atomic mass is 9.85.